The number of amides is 2. The highest BCUT2D eigenvalue weighted by molar-refractivity contribution is 5.97. The summed E-state index contributed by atoms with van der Waals surface area (Å²) < 4.78 is 10.7. The number of benzene rings is 2. The second-order valence-corrected chi connectivity index (χ2v) is 6.85. The molecule has 2 aromatic rings. The summed E-state index contributed by atoms with van der Waals surface area (Å²) in [7, 11) is 3.20. The predicted octanol–water partition coefficient (Wildman–Crippen LogP) is 3.71. The summed E-state index contributed by atoms with van der Waals surface area (Å²) in [5, 5.41) is 2.99. The van der Waals surface area contributed by atoms with Gasteiger partial charge in [0.05, 0.1) is 20.3 Å². The highest BCUT2D eigenvalue weighted by Gasteiger charge is 2.20. The maximum atomic E-state index is 12.7. The van der Waals surface area contributed by atoms with Crippen molar-refractivity contribution in [1.82, 2.24) is 5.32 Å². The van der Waals surface area contributed by atoms with Crippen molar-refractivity contribution in [3.8, 4) is 11.5 Å². The monoisotopic (exact) mass is 382 g/mol. The first-order chi connectivity index (χ1) is 13.5. The molecule has 1 atom stereocenters. The molecule has 1 unspecified atom stereocenters. The standard InChI is InChI=1S/C22H26N2O4/c1-15(19-14-18(27-2)11-12-20(19)28-3)23-22(26)16-7-9-17(10-8-16)24-13-5-4-6-21(24)25/h7-12,14-15H,4-6,13H2,1-3H3,(H,23,26). The predicted molar refractivity (Wildman–Crippen MR) is 108 cm³/mol. The number of hydrogen-bond acceptors (Lipinski definition) is 4. The maximum Gasteiger partial charge on any atom is 0.251 e. The summed E-state index contributed by atoms with van der Waals surface area (Å²) in [5.41, 5.74) is 2.22. The molecule has 0 saturated carbocycles. The number of nitrogens with zero attached hydrogens (tertiary/aromatic N) is 1. The zero-order chi connectivity index (χ0) is 20.1. The van der Waals surface area contributed by atoms with Gasteiger partial charge in [0.15, 0.2) is 0 Å². The van der Waals surface area contributed by atoms with Crippen molar-refractivity contribution in [2.24, 2.45) is 0 Å². The Morgan fingerprint density at radius 2 is 1.82 bits per heavy atom. The van der Waals surface area contributed by atoms with E-state index in [1.807, 2.05) is 37.3 Å². The molecule has 148 valence electrons. The van der Waals surface area contributed by atoms with Gasteiger partial charge < -0.3 is 19.7 Å². The van der Waals surface area contributed by atoms with Crippen LogP contribution in [0.15, 0.2) is 42.5 Å². The average Bonchev–Trinajstić information content (AvgIpc) is 2.73. The van der Waals surface area contributed by atoms with Gasteiger partial charge in [0, 0.05) is 29.8 Å². The molecule has 0 aromatic heterocycles. The van der Waals surface area contributed by atoms with Gasteiger partial charge >= 0.3 is 0 Å². The van der Waals surface area contributed by atoms with Crippen LogP contribution in [-0.4, -0.2) is 32.6 Å². The molecule has 1 saturated heterocycles. The molecule has 1 aliphatic heterocycles. The molecule has 0 spiro atoms. The first kappa shape index (κ1) is 19.7. The summed E-state index contributed by atoms with van der Waals surface area (Å²) in [6.45, 7) is 2.63. The Balaban J connectivity index is 1.71. The summed E-state index contributed by atoms with van der Waals surface area (Å²) in [5.74, 6) is 1.34. The van der Waals surface area contributed by atoms with Crippen LogP contribution in [0.1, 0.15) is 48.1 Å². The van der Waals surface area contributed by atoms with Gasteiger partial charge in [0.25, 0.3) is 5.91 Å². The van der Waals surface area contributed by atoms with Crippen LogP contribution in [0.3, 0.4) is 0 Å². The molecular weight excluding hydrogens is 356 g/mol. The molecule has 1 N–H and O–H groups in total. The van der Waals surface area contributed by atoms with E-state index >= 15 is 0 Å². The van der Waals surface area contributed by atoms with Crippen LogP contribution in [0, 0.1) is 0 Å². The van der Waals surface area contributed by atoms with E-state index in [9.17, 15) is 9.59 Å². The smallest absolute Gasteiger partial charge is 0.251 e. The van der Waals surface area contributed by atoms with Gasteiger partial charge in [-0.1, -0.05) is 0 Å². The van der Waals surface area contributed by atoms with E-state index in [1.54, 1.807) is 31.3 Å². The lowest BCUT2D eigenvalue weighted by Crippen LogP contribution is -2.35. The number of rotatable bonds is 6. The first-order valence-corrected chi connectivity index (χ1v) is 9.46. The zero-order valence-corrected chi connectivity index (χ0v) is 16.5. The normalized spacial score (nSPS) is 15.1. The van der Waals surface area contributed by atoms with E-state index in [4.69, 9.17) is 9.47 Å². The molecule has 28 heavy (non-hydrogen) atoms. The largest absolute Gasteiger partial charge is 0.497 e. The van der Waals surface area contributed by atoms with E-state index in [1.165, 1.54) is 0 Å². The van der Waals surface area contributed by atoms with Crippen LogP contribution < -0.4 is 19.7 Å². The van der Waals surface area contributed by atoms with Crippen molar-refractivity contribution in [3.63, 3.8) is 0 Å². The summed E-state index contributed by atoms with van der Waals surface area (Å²) in [6, 6.07) is 12.4. The van der Waals surface area contributed by atoms with Crippen LogP contribution in [0.5, 0.6) is 11.5 Å². The second-order valence-electron chi connectivity index (χ2n) is 6.85. The first-order valence-electron chi connectivity index (χ1n) is 9.46. The van der Waals surface area contributed by atoms with Crippen molar-refractivity contribution in [2.75, 3.05) is 25.7 Å². The molecule has 1 aliphatic rings. The highest BCUT2D eigenvalue weighted by Crippen LogP contribution is 2.29. The molecule has 0 radical (unpaired) electrons. The minimum Gasteiger partial charge on any atom is -0.497 e. The third-order valence-corrected chi connectivity index (χ3v) is 5.02. The van der Waals surface area contributed by atoms with Gasteiger partial charge in [-0.25, -0.2) is 0 Å². The fraction of sp³-hybridized carbons (Fsp3) is 0.364. The van der Waals surface area contributed by atoms with Gasteiger partial charge in [-0.15, -0.1) is 0 Å². The molecule has 1 fully saturated rings. The van der Waals surface area contributed by atoms with Crippen LogP contribution in [0.25, 0.3) is 0 Å². The van der Waals surface area contributed by atoms with Gasteiger partial charge in [-0.2, -0.15) is 0 Å². The number of piperidine rings is 1. The number of carbonyl (C=O) groups is 2. The lowest BCUT2D eigenvalue weighted by molar-refractivity contribution is -0.119. The fourth-order valence-electron chi connectivity index (χ4n) is 3.41. The molecular formula is C22H26N2O4. The average molecular weight is 382 g/mol. The molecule has 2 amide bonds. The van der Waals surface area contributed by atoms with Crippen LogP contribution in [-0.2, 0) is 4.79 Å². The van der Waals surface area contributed by atoms with Crippen molar-refractivity contribution >= 4 is 17.5 Å². The van der Waals surface area contributed by atoms with E-state index in [0.717, 1.165) is 30.6 Å². The van der Waals surface area contributed by atoms with E-state index in [0.29, 0.717) is 23.5 Å². The molecule has 1 heterocycles. The molecule has 3 rings (SSSR count). The second kappa shape index (κ2) is 8.78. The number of carbonyl (C=O) groups excluding carboxylic acids is 2. The lowest BCUT2D eigenvalue weighted by atomic mass is 10.1. The molecule has 6 heteroatoms. The summed E-state index contributed by atoms with van der Waals surface area (Å²) in [4.78, 5) is 26.5. The van der Waals surface area contributed by atoms with Gasteiger partial charge in [-0.05, 0) is 62.2 Å². The summed E-state index contributed by atoms with van der Waals surface area (Å²) >= 11 is 0. The zero-order valence-electron chi connectivity index (χ0n) is 16.5. The maximum absolute atomic E-state index is 12.7. The Labute approximate surface area is 165 Å². The Hall–Kier alpha value is -3.02. The lowest BCUT2D eigenvalue weighted by Gasteiger charge is -2.26. The molecule has 0 bridgehead atoms. The van der Waals surface area contributed by atoms with Crippen molar-refractivity contribution in [1.29, 1.82) is 0 Å². The molecule has 2 aromatic carbocycles. The number of hydrogen-bond donors (Lipinski definition) is 1. The number of ether oxygens (including phenoxy) is 2. The molecule has 6 nitrogen and oxygen atoms in total. The van der Waals surface area contributed by atoms with Crippen LogP contribution in [0.2, 0.25) is 0 Å². The van der Waals surface area contributed by atoms with E-state index in [-0.39, 0.29) is 17.9 Å². The minimum absolute atomic E-state index is 0.141. The third kappa shape index (κ3) is 4.27. The van der Waals surface area contributed by atoms with Crippen molar-refractivity contribution in [3.05, 3.63) is 53.6 Å². The Morgan fingerprint density at radius 1 is 1.07 bits per heavy atom. The van der Waals surface area contributed by atoms with Crippen molar-refractivity contribution < 1.29 is 19.1 Å². The van der Waals surface area contributed by atoms with E-state index < -0.39 is 0 Å². The van der Waals surface area contributed by atoms with Crippen LogP contribution in [0.4, 0.5) is 5.69 Å². The Kier molecular flexibility index (Phi) is 6.19. The highest BCUT2D eigenvalue weighted by atomic mass is 16.5. The van der Waals surface area contributed by atoms with Gasteiger partial charge in [0.1, 0.15) is 11.5 Å². The quantitative estimate of drug-likeness (QED) is 0.827. The van der Waals surface area contributed by atoms with Crippen molar-refractivity contribution in [2.45, 2.75) is 32.2 Å². The van der Waals surface area contributed by atoms with Gasteiger partial charge in [-0.3, -0.25) is 9.59 Å². The van der Waals surface area contributed by atoms with E-state index in [2.05, 4.69) is 5.32 Å². The fourth-order valence-corrected chi connectivity index (χ4v) is 3.41. The third-order valence-electron chi connectivity index (χ3n) is 5.02. The van der Waals surface area contributed by atoms with Gasteiger partial charge in [0.2, 0.25) is 5.91 Å². The number of anilines is 1. The molecule has 0 aliphatic carbocycles. The topological polar surface area (TPSA) is 67.9 Å². The number of methoxy groups -OCH3 is 2. The Bertz CT molecular complexity index is 848. The number of nitrogens with one attached hydrogen (secondary N) is 1. The summed E-state index contributed by atoms with van der Waals surface area (Å²) in [6.07, 6.45) is 2.54. The SMILES string of the molecule is COc1ccc(OC)c(C(C)NC(=O)c2ccc(N3CCCCC3=O)cc2)c1. The Morgan fingerprint density at radius 3 is 2.46 bits per heavy atom. The van der Waals surface area contributed by atoms with Crippen LogP contribution >= 0.6 is 0 Å². The minimum atomic E-state index is -0.263.